The monoisotopic (exact) mass is 279 g/mol. The van der Waals surface area contributed by atoms with Crippen LogP contribution in [0.5, 0.6) is 11.5 Å². The van der Waals surface area contributed by atoms with Crippen molar-refractivity contribution in [1.82, 2.24) is 5.32 Å². The molecule has 0 radical (unpaired) electrons. The minimum Gasteiger partial charge on any atom is -0.493 e. The number of nitrogens with one attached hydrogen (secondary N) is 1. The molecule has 0 saturated heterocycles. The SMILES string of the molecule is COc1cc(CNC2CC(OC)C2)ccc1OC(C)C. The highest BCUT2D eigenvalue weighted by atomic mass is 16.5. The molecule has 1 aliphatic rings. The van der Waals surface area contributed by atoms with E-state index in [1.807, 2.05) is 26.0 Å². The zero-order valence-corrected chi connectivity index (χ0v) is 12.8. The molecule has 0 spiro atoms. The molecule has 1 aromatic rings. The highest BCUT2D eigenvalue weighted by molar-refractivity contribution is 5.43. The van der Waals surface area contributed by atoms with Crippen LogP contribution in [0.2, 0.25) is 0 Å². The fourth-order valence-corrected chi connectivity index (χ4v) is 2.36. The second-order valence-electron chi connectivity index (χ2n) is 5.56. The number of rotatable bonds is 7. The molecule has 1 fully saturated rings. The molecule has 0 aliphatic heterocycles. The van der Waals surface area contributed by atoms with E-state index in [1.165, 1.54) is 5.56 Å². The lowest BCUT2D eigenvalue weighted by Crippen LogP contribution is -2.44. The Hall–Kier alpha value is -1.26. The topological polar surface area (TPSA) is 39.7 Å². The largest absolute Gasteiger partial charge is 0.493 e. The summed E-state index contributed by atoms with van der Waals surface area (Å²) in [4.78, 5) is 0. The summed E-state index contributed by atoms with van der Waals surface area (Å²) in [7, 11) is 3.45. The molecule has 0 aromatic heterocycles. The van der Waals surface area contributed by atoms with Gasteiger partial charge >= 0.3 is 0 Å². The molecule has 112 valence electrons. The van der Waals surface area contributed by atoms with Gasteiger partial charge < -0.3 is 19.5 Å². The van der Waals surface area contributed by atoms with Crippen LogP contribution in [0.25, 0.3) is 0 Å². The predicted molar refractivity (Wildman–Crippen MR) is 79.4 cm³/mol. The maximum absolute atomic E-state index is 5.72. The van der Waals surface area contributed by atoms with Crippen molar-refractivity contribution in [1.29, 1.82) is 0 Å². The van der Waals surface area contributed by atoms with Crippen LogP contribution >= 0.6 is 0 Å². The normalized spacial score (nSPS) is 21.6. The zero-order valence-electron chi connectivity index (χ0n) is 12.8. The van der Waals surface area contributed by atoms with Crippen molar-refractivity contribution in [3.63, 3.8) is 0 Å². The van der Waals surface area contributed by atoms with Crippen LogP contribution < -0.4 is 14.8 Å². The van der Waals surface area contributed by atoms with E-state index in [2.05, 4.69) is 11.4 Å². The highest BCUT2D eigenvalue weighted by Crippen LogP contribution is 2.29. The maximum atomic E-state index is 5.72. The molecular weight excluding hydrogens is 254 g/mol. The molecule has 4 heteroatoms. The van der Waals surface area contributed by atoms with Gasteiger partial charge in [-0.3, -0.25) is 0 Å². The van der Waals surface area contributed by atoms with Crippen LogP contribution in [0.3, 0.4) is 0 Å². The molecule has 0 atom stereocenters. The van der Waals surface area contributed by atoms with Gasteiger partial charge in [-0.1, -0.05) is 6.07 Å². The van der Waals surface area contributed by atoms with E-state index in [9.17, 15) is 0 Å². The number of hydrogen-bond acceptors (Lipinski definition) is 4. The summed E-state index contributed by atoms with van der Waals surface area (Å²) in [5.74, 6) is 1.59. The van der Waals surface area contributed by atoms with Gasteiger partial charge in [0.2, 0.25) is 0 Å². The zero-order chi connectivity index (χ0) is 14.5. The summed E-state index contributed by atoms with van der Waals surface area (Å²) in [5.41, 5.74) is 1.21. The molecule has 4 nitrogen and oxygen atoms in total. The first-order valence-corrected chi connectivity index (χ1v) is 7.22. The minimum absolute atomic E-state index is 0.147. The summed E-state index contributed by atoms with van der Waals surface area (Å²) in [6.45, 7) is 4.87. The van der Waals surface area contributed by atoms with Crippen molar-refractivity contribution in [3.05, 3.63) is 23.8 Å². The summed E-state index contributed by atoms with van der Waals surface area (Å²) in [5, 5.41) is 3.53. The van der Waals surface area contributed by atoms with Crippen molar-refractivity contribution < 1.29 is 14.2 Å². The summed E-state index contributed by atoms with van der Waals surface area (Å²) in [6.07, 6.45) is 2.78. The molecule has 2 rings (SSSR count). The van der Waals surface area contributed by atoms with E-state index in [0.717, 1.165) is 30.9 Å². The van der Waals surface area contributed by atoms with Crippen LogP contribution in [0.15, 0.2) is 18.2 Å². The Morgan fingerprint density at radius 3 is 2.55 bits per heavy atom. The number of methoxy groups -OCH3 is 2. The molecule has 1 aromatic carbocycles. The lowest BCUT2D eigenvalue weighted by Gasteiger charge is -2.34. The third-order valence-electron chi connectivity index (χ3n) is 3.61. The summed E-state index contributed by atoms with van der Waals surface area (Å²) < 4.78 is 16.4. The van der Waals surface area contributed by atoms with Gasteiger partial charge in [0, 0.05) is 19.7 Å². The third-order valence-corrected chi connectivity index (χ3v) is 3.61. The van der Waals surface area contributed by atoms with Gasteiger partial charge in [-0.2, -0.15) is 0 Å². The van der Waals surface area contributed by atoms with Crippen LogP contribution in [0.1, 0.15) is 32.3 Å². The average Bonchev–Trinajstić information content (AvgIpc) is 2.38. The Morgan fingerprint density at radius 1 is 1.20 bits per heavy atom. The molecule has 0 heterocycles. The highest BCUT2D eigenvalue weighted by Gasteiger charge is 2.28. The molecule has 20 heavy (non-hydrogen) atoms. The van der Waals surface area contributed by atoms with E-state index in [0.29, 0.717) is 12.1 Å². The van der Waals surface area contributed by atoms with E-state index in [-0.39, 0.29) is 6.10 Å². The molecule has 1 saturated carbocycles. The number of hydrogen-bond donors (Lipinski definition) is 1. The van der Waals surface area contributed by atoms with E-state index < -0.39 is 0 Å². The molecular formula is C16H25NO3. The fourth-order valence-electron chi connectivity index (χ4n) is 2.36. The van der Waals surface area contributed by atoms with Crippen molar-refractivity contribution in [2.75, 3.05) is 14.2 Å². The molecule has 0 bridgehead atoms. The van der Waals surface area contributed by atoms with Gasteiger partial charge in [0.25, 0.3) is 0 Å². The average molecular weight is 279 g/mol. The second kappa shape index (κ2) is 6.95. The first-order valence-electron chi connectivity index (χ1n) is 7.22. The van der Waals surface area contributed by atoms with E-state index in [1.54, 1.807) is 14.2 Å². The predicted octanol–water partition coefficient (Wildman–Crippen LogP) is 2.75. The summed E-state index contributed by atoms with van der Waals surface area (Å²) in [6, 6.07) is 6.67. The standard InChI is InChI=1S/C16H25NO3/c1-11(2)20-15-6-5-12(7-16(15)19-4)10-17-13-8-14(9-13)18-3/h5-7,11,13-14,17H,8-10H2,1-4H3. The molecule has 1 aliphatic carbocycles. The van der Waals surface area contributed by atoms with Crippen molar-refractivity contribution >= 4 is 0 Å². The fraction of sp³-hybridized carbons (Fsp3) is 0.625. The Bertz CT molecular complexity index is 428. The van der Waals surface area contributed by atoms with Crippen LogP contribution in [0, 0.1) is 0 Å². The third kappa shape index (κ3) is 3.87. The first kappa shape index (κ1) is 15.1. The van der Waals surface area contributed by atoms with Crippen LogP contribution in [-0.4, -0.2) is 32.5 Å². The smallest absolute Gasteiger partial charge is 0.161 e. The molecule has 1 N–H and O–H groups in total. The van der Waals surface area contributed by atoms with Gasteiger partial charge in [-0.15, -0.1) is 0 Å². The molecule has 0 unspecified atom stereocenters. The van der Waals surface area contributed by atoms with Crippen molar-refractivity contribution in [2.24, 2.45) is 0 Å². The first-order chi connectivity index (χ1) is 9.62. The van der Waals surface area contributed by atoms with Gasteiger partial charge in [0.05, 0.1) is 19.3 Å². The van der Waals surface area contributed by atoms with Crippen molar-refractivity contribution in [2.45, 2.75) is 51.5 Å². The van der Waals surface area contributed by atoms with Gasteiger partial charge in [0.1, 0.15) is 0 Å². The number of ether oxygens (including phenoxy) is 3. The van der Waals surface area contributed by atoms with Gasteiger partial charge in [-0.25, -0.2) is 0 Å². The van der Waals surface area contributed by atoms with Gasteiger partial charge in [0.15, 0.2) is 11.5 Å². The minimum atomic E-state index is 0.147. The quantitative estimate of drug-likeness (QED) is 0.833. The van der Waals surface area contributed by atoms with Crippen LogP contribution in [-0.2, 0) is 11.3 Å². The molecule has 0 amide bonds. The Kier molecular flexibility index (Phi) is 5.26. The van der Waals surface area contributed by atoms with E-state index >= 15 is 0 Å². The van der Waals surface area contributed by atoms with Crippen LogP contribution in [0.4, 0.5) is 0 Å². The summed E-state index contributed by atoms with van der Waals surface area (Å²) >= 11 is 0. The lowest BCUT2D eigenvalue weighted by molar-refractivity contribution is 0.0170. The Balaban J connectivity index is 1.89. The Morgan fingerprint density at radius 2 is 1.95 bits per heavy atom. The maximum Gasteiger partial charge on any atom is 0.161 e. The van der Waals surface area contributed by atoms with Crippen molar-refractivity contribution in [3.8, 4) is 11.5 Å². The lowest BCUT2D eigenvalue weighted by atomic mass is 9.89. The Labute approximate surface area is 121 Å². The number of benzene rings is 1. The second-order valence-corrected chi connectivity index (χ2v) is 5.56. The van der Waals surface area contributed by atoms with Gasteiger partial charge in [-0.05, 0) is 44.4 Å². The van der Waals surface area contributed by atoms with E-state index in [4.69, 9.17) is 14.2 Å².